The van der Waals surface area contributed by atoms with Gasteiger partial charge in [0.25, 0.3) is 0 Å². The van der Waals surface area contributed by atoms with Crippen LogP contribution < -0.4 is 14.8 Å². The summed E-state index contributed by atoms with van der Waals surface area (Å²) in [6, 6.07) is 11.7. The first-order valence-corrected chi connectivity index (χ1v) is 9.09. The first kappa shape index (κ1) is 19.5. The summed E-state index contributed by atoms with van der Waals surface area (Å²) in [4.78, 5) is 11.6. The molecule has 0 aliphatic heterocycles. The minimum Gasteiger partial charge on any atom is -0.496 e. The van der Waals surface area contributed by atoms with Gasteiger partial charge in [0.15, 0.2) is 5.78 Å². The third kappa shape index (κ3) is 5.06. The van der Waals surface area contributed by atoms with E-state index < -0.39 is 0 Å². The van der Waals surface area contributed by atoms with Crippen LogP contribution in [0.1, 0.15) is 48.3 Å². The summed E-state index contributed by atoms with van der Waals surface area (Å²) in [6.45, 7) is 6.83. The van der Waals surface area contributed by atoms with Gasteiger partial charge in [-0.05, 0) is 72.6 Å². The van der Waals surface area contributed by atoms with E-state index in [0.29, 0.717) is 18.7 Å². The molecule has 0 bridgehead atoms. The van der Waals surface area contributed by atoms with Crippen molar-refractivity contribution in [3.05, 3.63) is 57.6 Å². The Hall–Kier alpha value is -1.85. The van der Waals surface area contributed by atoms with Crippen molar-refractivity contribution in [1.82, 2.24) is 5.32 Å². The first-order valence-electron chi connectivity index (χ1n) is 8.29. The molecule has 2 rings (SSSR count). The number of ether oxygens (including phenoxy) is 2. The Balaban J connectivity index is 2.15. The van der Waals surface area contributed by atoms with Crippen molar-refractivity contribution >= 4 is 21.7 Å². The van der Waals surface area contributed by atoms with Crippen LogP contribution in [0, 0.1) is 0 Å². The van der Waals surface area contributed by atoms with Gasteiger partial charge in [0.1, 0.15) is 11.5 Å². The molecule has 0 aliphatic rings. The summed E-state index contributed by atoms with van der Waals surface area (Å²) in [5.41, 5.74) is 2.82. The van der Waals surface area contributed by atoms with Gasteiger partial charge in [0.2, 0.25) is 0 Å². The fourth-order valence-corrected chi connectivity index (χ4v) is 3.12. The second-order valence-electron chi connectivity index (χ2n) is 5.81. The van der Waals surface area contributed by atoms with Crippen molar-refractivity contribution in [3.8, 4) is 11.5 Å². The maximum atomic E-state index is 11.6. The molecule has 1 atom stereocenters. The molecule has 1 N–H and O–H groups in total. The molecule has 0 radical (unpaired) electrons. The maximum absolute atomic E-state index is 11.6. The van der Waals surface area contributed by atoms with Crippen LogP contribution in [0.4, 0.5) is 0 Å². The third-order valence-corrected chi connectivity index (χ3v) is 4.66. The van der Waals surface area contributed by atoms with Crippen LogP contribution in [-0.2, 0) is 6.54 Å². The molecule has 0 saturated carbocycles. The SMILES string of the molecule is CCOc1ccc(C(C)=O)cc1CNC(C)c1ccc(OC)c(Br)c1. The van der Waals surface area contributed by atoms with Crippen molar-refractivity contribution in [3.63, 3.8) is 0 Å². The molecule has 0 fully saturated rings. The van der Waals surface area contributed by atoms with Crippen LogP contribution in [-0.4, -0.2) is 19.5 Å². The molecule has 0 heterocycles. The molecule has 2 aromatic carbocycles. The van der Waals surface area contributed by atoms with Gasteiger partial charge in [0, 0.05) is 23.7 Å². The lowest BCUT2D eigenvalue weighted by molar-refractivity contribution is 0.101. The van der Waals surface area contributed by atoms with Gasteiger partial charge in [-0.25, -0.2) is 0 Å². The number of hydrogen-bond acceptors (Lipinski definition) is 4. The monoisotopic (exact) mass is 405 g/mol. The van der Waals surface area contributed by atoms with E-state index in [-0.39, 0.29) is 11.8 Å². The van der Waals surface area contributed by atoms with Gasteiger partial charge in [-0.1, -0.05) is 6.07 Å². The summed E-state index contributed by atoms with van der Waals surface area (Å²) in [5.74, 6) is 1.67. The van der Waals surface area contributed by atoms with E-state index in [9.17, 15) is 4.79 Å². The van der Waals surface area contributed by atoms with Crippen LogP contribution in [0.25, 0.3) is 0 Å². The standard InChI is InChI=1S/C20H24BrNO3/c1-5-25-19-8-7-16(14(3)23)10-17(19)12-22-13(2)15-6-9-20(24-4)18(21)11-15/h6-11,13,22H,5,12H2,1-4H3. The highest BCUT2D eigenvalue weighted by molar-refractivity contribution is 9.10. The van der Waals surface area contributed by atoms with Crippen LogP contribution in [0.5, 0.6) is 11.5 Å². The van der Waals surface area contributed by atoms with E-state index in [0.717, 1.165) is 27.1 Å². The quantitative estimate of drug-likeness (QED) is 0.633. The lowest BCUT2D eigenvalue weighted by Crippen LogP contribution is -2.19. The number of nitrogens with one attached hydrogen (secondary N) is 1. The molecule has 4 nitrogen and oxygen atoms in total. The van der Waals surface area contributed by atoms with Crippen LogP contribution in [0.3, 0.4) is 0 Å². The van der Waals surface area contributed by atoms with Gasteiger partial charge in [-0.3, -0.25) is 4.79 Å². The van der Waals surface area contributed by atoms with Gasteiger partial charge in [-0.15, -0.1) is 0 Å². The highest BCUT2D eigenvalue weighted by atomic mass is 79.9. The van der Waals surface area contributed by atoms with E-state index in [2.05, 4.69) is 28.2 Å². The summed E-state index contributed by atoms with van der Waals surface area (Å²) >= 11 is 3.52. The summed E-state index contributed by atoms with van der Waals surface area (Å²) in [5, 5.41) is 3.49. The lowest BCUT2D eigenvalue weighted by atomic mass is 10.0. The zero-order valence-corrected chi connectivity index (χ0v) is 16.6. The van der Waals surface area contributed by atoms with Crippen molar-refractivity contribution in [2.75, 3.05) is 13.7 Å². The Morgan fingerprint density at radius 3 is 2.52 bits per heavy atom. The average molecular weight is 406 g/mol. The summed E-state index contributed by atoms with van der Waals surface area (Å²) in [6.07, 6.45) is 0. The van der Waals surface area contributed by atoms with E-state index >= 15 is 0 Å². The molecular weight excluding hydrogens is 382 g/mol. The molecule has 0 aliphatic carbocycles. The zero-order valence-electron chi connectivity index (χ0n) is 15.1. The third-order valence-electron chi connectivity index (χ3n) is 4.04. The van der Waals surface area contributed by atoms with E-state index in [1.54, 1.807) is 20.1 Å². The van der Waals surface area contributed by atoms with Crippen molar-refractivity contribution < 1.29 is 14.3 Å². The molecule has 0 spiro atoms. The number of carbonyl (C=O) groups excluding carboxylic acids is 1. The Labute approximate surface area is 157 Å². The van der Waals surface area contributed by atoms with Crippen molar-refractivity contribution in [1.29, 1.82) is 0 Å². The Morgan fingerprint density at radius 2 is 1.92 bits per heavy atom. The highest BCUT2D eigenvalue weighted by Gasteiger charge is 2.12. The minimum absolute atomic E-state index is 0.0523. The van der Waals surface area contributed by atoms with Gasteiger partial charge >= 0.3 is 0 Å². The van der Waals surface area contributed by atoms with Crippen molar-refractivity contribution in [2.24, 2.45) is 0 Å². The number of ketones is 1. The number of halogens is 1. The van der Waals surface area contributed by atoms with E-state index in [4.69, 9.17) is 9.47 Å². The largest absolute Gasteiger partial charge is 0.496 e. The lowest BCUT2D eigenvalue weighted by Gasteiger charge is -2.18. The molecule has 25 heavy (non-hydrogen) atoms. The molecule has 0 saturated heterocycles. The fraction of sp³-hybridized carbons (Fsp3) is 0.350. The van der Waals surface area contributed by atoms with Gasteiger partial charge in [-0.2, -0.15) is 0 Å². The Bertz CT molecular complexity index is 746. The molecule has 0 aromatic heterocycles. The van der Waals surface area contributed by atoms with Crippen LogP contribution >= 0.6 is 15.9 Å². The van der Waals surface area contributed by atoms with Crippen LogP contribution in [0.2, 0.25) is 0 Å². The molecule has 134 valence electrons. The predicted octanol–water partition coefficient (Wildman–Crippen LogP) is 4.91. The number of rotatable bonds is 8. The smallest absolute Gasteiger partial charge is 0.159 e. The molecule has 2 aromatic rings. The average Bonchev–Trinajstić information content (AvgIpc) is 2.60. The predicted molar refractivity (Wildman–Crippen MR) is 104 cm³/mol. The van der Waals surface area contributed by atoms with Gasteiger partial charge < -0.3 is 14.8 Å². The zero-order chi connectivity index (χ0) is 18.4. The number of Topliss-reactive ketones (excluding diaryl/α,β-unsaturated/α-hetero) is 1. The molecular formula is C20H24BrNO3. The normalized spacial score (nSPS) is 11.9. The minimum atomic E-state index is 0.0523. The molecule has 0 amide bonds. The Morgan fingerprint density at radius 1 is 1.20 bits per heavy atom. The number of hydrogen-bond donors (Lipinski definition) is 1. The number of benzene rings is 2. The van der Waals surface area contributed by atoms with Crippen molar-refractivity contribution in [2.45, 2.75) is 33.4 Å². The molecule has 5 heteroatoms. The maximum Gasteiger partial charge on any atom is 0.159 e. The number of methoxy groups -OCH3 is 1. The second-order valence-corrected chi connectivity index (χ2v) is 6.66. The summed E-state index contributed by atoms with van der Waals surface area (Å²) in [7, 11) is 1.65. The van der Waals surface area contributed by atoms with E-state index in [1.165, 1.54) is 0 Å². The van der Waals surface area contributed by atoms with Crippen LogP contribution in [0.15, 0.2) is 40.9 Å². The Kier molecular flexibility index (Phi) is 7.02. The summed E-state index contributed by atoms with van der Waals surface area (Å²) < 4.78 is 11.9. The van der Waals surface area contributed by atoms with E-state index in [1.807, 2.05) is 37.3 Å². The second kappa shape index (κ2) is 9.02. The first-order chi connectivity index (χ1) is 12.0. The fourth-order valence-electron chi connectivity index (χ4n) is 2.57. The number of carbonyl (C=O) groups is 1. The van der Waals surface area contributed by atoms with Gasteiger partial charge in [0.05, 0.1) is 18.2 Å². The highest BCUT2D eigenvalue weighted by Crippen LogP contribution is 2.28. The topological polar surface area (TPSA) is 47.6 Å². The molecule has 1 unspecified atom stereocenters.